The van der Waals surface area contributed by atoms with E-state index in [2.05, 4.69) is 72.2 Å². The summed E-state index contributed by atoms with van der Waals surface area (Å²) in [4.78, 5) is 4.24. The lowest BCUT2D eigenvalue weighted by molar-refractivity contribution is -0.670. The molecule has 0 bridgehead atoms. The Morgan fingerprint density at radius 1 is 0.750 bits per heavy atom. The molecular formula is C14H24N6+2. The predicted octanol–water partition coefficient (Wildman–Crippen LogP) is -0.197. The van der Waals surface area contributed by atoms with E-state index >= 15 is 0 Å². The molecule has 2 aromatic heterocycles. The number of hydrogen-bond acceptors (Lipinski definition) is 2. The van der Waals surface area contributed by atoms with Crippen LogP contribution in [-0.4, -0.2) is 47.1 Å². The Labute approximate surface area is 120 Å². The highest BCUT2D eigenvalue weighted by molar-refractivity contribution is 5.69. The van der Waals surface area contributed by atoms with Crippen LogP contribution in [0.1, 0.15) is 0 Å². The first kappa shape index (κ1) is 14.2. The highest BCUT2D eigenvalue weighted by Gasteiger charge is 2.24. The molecule has 0 saturated heterocycles. The van der Waals surface area contributed by atoms with Crippen LogP contribution in [-0.2, 0) is 14.1 Å². The fourth-order valence-corrected chi connectivity index (χ4v) is 2.24. The Balaban J connectivity index is 2.66. The van der Waals surface area contributed by atoms with Gasteiger partial charge in [0, 0.05) is 28.2 Å². The fourth-order valence-electron chi connectivity index (χ4n) is 2.24. The molecule has 108 valence electrons. The second-order valence-corrected chi connectivity index (χ2v) is 5.41. The fraction of sp³-hybridized carbons (Fsp3) is 0.429. The Morgan fingerprint density at radius 2 is 1.10 bits per heavy atom. The third-order valence-electron chi connectivity index (χ3n) is 3.07. The Kier molecular flexibility index (Phi) is 3.83. The maximum atomic E-state index is 2.12. The van der Waals surface area contributed by atoms with Gasteiger partial charge in [-0.2, -0.15) is 9.13 Å². The molecule has 0 aliphatic rings. The third kappa shape index (κ3) is 2.68. The molecule has 20 heavy (non-hydrogen) atoms. The molecule has 6 nitrogen and oxygen atoms in total. The highest BCUT2D eigenvalue weighted by atomic mass is 15.3. The maximum absolute atomic E-state index is 2.12. The quantitative estimate of drug-likeness (QED) is 0.723. The van der Waals surface area contributed by atoms with Crippen LogP contribution >= 0.6 is 0 Å². The Hall–Kier alpha value is -2.24. The summed E-state index contributed by atoms with van der Waals surface area (Å²) < 4.78 is 8.31. The maximum Gasteiger partial charge on any atom is 0.268 e. The average molecular weight is 276 g/mol. The van der Waals surface area contributed by atoms with Gasteiger partial charge in [-0.1, -0.05) is 0 Å². The summed E-state index contributed by atoms with van der Waals surface area (Å²) in [6.45, 7) is 0. The molecule has 0 aromatic carbocycles. The molecule has 2 heterocycles. The standard InChI is InChI=1S/C14H24N6/c1-15(2)13(19-9-7-17(5)11-19)14(16(3)4)20-10-8-18(6)12-20/h7-12H,1-6H3/q+2/b14-13+. The van der Waals surface area contributed by atoms with E-state index in [1.165, 1.54) is 0 Å². The first-order valence-corrected chi connectivity index (χ1v) is 6.56. The van der Waals surface area contributed by atoms with Crippen LogP contribution in [0.4, 0.5) is 0 Å². The van der Waals surface area contributed by atoms with Gasteiger partial charge in [0.2, 0.25) is 12.7 Å². The van der Waals surface area contributed by atoms with E-state index in [0.717, 1.165) is 11.6 Å². The van der Waals surface area contributed by atoms with Gasteiger partial charge < -0.3 is 9.80 Å². The molecule has 0 amide bonds. The van der Waals surface area contributed by atoms with Crippen LogP contribution < -0.4 is 9.13 Å². The van der Waals surface area contributed by atoms with Crippen molar-refractivity contribution >= 4 is 11.6 Å². The summed E-state index contributed by atoms with van der Waals surface area (Å²) in [5.74, 6) is 2.21. The van der Waals surface area contributed by atoms with Crippen LogP contribution in [0, 0.1) is 0 Å². The van der Waals surface area contributed by atoms with Crippen molar-refractivity contribution in [2.75, 3.05) is 28.2 Å². The van der Waals surface area contributed by atoms with Crippen molar-refractivity contribution in [2.45, 2.75) is 0 Å². The van der Waals surface area contributed by atoms with Gasteiger partial charge in [-0.3, -0.25) is 0 Å². The van der Waals surface area contributed by atoms with Crippen LogP contribution in [0.3, 0.4) is 0 Å². The van der Waals surface area contributed by atoms with E-state index in [1.54, 1.807) is 0 Å². The number of hydrogen-bond donors (Lipinski definition) is 0. The minimum Gasteiger partial charge on any atom is -0.340 e. The van der Waals surface area contributed by atoms with Gasteiger partial charge in [0.25, 0.3) is 11.6 Å². The summed E-state index contributed by atoms with van der Waals surface area (Å²) in [6.07, 6.45) is 12.3. The van der Waals surface area contributed by atoms with Crippen LogP contribution in [0.5, 0.6) is 0 Å². The first-order valence-electron chi connectivity index (χ1n) is 6.56. The number of aryl methyl sites for hydroxylation is 2. The average Bonchev–Trinajstić information content (AvgIpc) is 2.94. The monoisotopic (exact) mass is 276 g/mol. The van der Waals surface area contributed by atoms with E-state index in [1.807, 2.05) is 35.6 Å². The molecule has 2 aromatic rings. The van der Waals surface area contributed by atoms with Crippen LogP contribution in [0.2, 0.25) is 0 Å². The van der Waals surface area contributed by atoms with E-state index in [4.69, 9.17) is 0 Å². The smallest absolute Gasteiger partial charge is 0.268 e. The zero-order valence-corrected chi connectivity index (χ0v) is 13.1. The van der Waals surface area contributed by atoms with Gasteiger partial charge in [-0.15, -0.1) is 0 Å². The minimum atomic E-state index is 1.10. The minimum absolute atomic E-state index is 1.10. The van der Waals surface area contributed by atoms with Gasteiger partial charge in [0.15, 0.2) is 0 Å². The molecule has 0 atom stereocenters. The third-order valence-corrected chi connectivity index (χ3v) is 3.07. The molecule has 0 saturated carbocycles. The topological polar surface area (TPSA) is 24.1 Å². The van der Waals surface area contributed by atoms with Crippen molar-refractivity contribution in [1.29, 1.82) is 0 Å². The van der Waals surface area contributed by atoms with E-state index in [9.17, 15) is 0 Å². The van der Waals surface area contributed by atoms with Crippen LogP contribution in [0.15, 0.2) is 37.4 Å². The van der Waals surface area contributed by atoms with Crippen molar-refractivity contribution < 1.29 is 9.13 Å². The van der Waals surface area contributed by atoms with Gasteiger partial charge in [-0.25, -0.2) is 9.13 Å². The largest absolute Gasteiger partial charge is 0.340 e. The lowest BCUT2D eigenvalue weighted by Gasteiger charge is -2.20. The number of rotatable bonds is 4. The second-order valence-electron chi connectivity index (χ2n) is 5.41. The second kappa shape index (κ2) is 5.40. The van der Waals surface area contributed by atoms with Crippen molar-refractivity contribution in [3.63, 3.8) is 0 Å². The summed E-state index contributed by atoms with van der Waals surface area (Å²) >= 11 is 0. The Bertz CT molecular complexity index is 563. The zero-order chi connectivity index (χ0) is 14.9. The summed E-state index contributed by atoms with van der Waals surface area (Å²) in [5, 5.41) is 0. The van der Waals surface area contributed by atoms with E-state index in [-0.39, 0.29) is 0 Å². The molecule has 2 rings (SSSR count). The number of imidazole rings is 2. The molecule has 0 radical (unpaired) electrons. The molecular weight excluding hydrogens is 252 g/mol. The van der Waals surface area contributed by atoms with Gasteiger partial charge in [0.05, 0.1) is 14.1 Å². The lowest BCUT2D eigenvalue weighted by atomic mass is 10.5. The van der Waals surface area contributed by atoms with Crippen molar-refractivity contribution in [2.24, 2.45) is 14.1 Å². The summed E-state index contributed by atoms with van der Waals surface area (Å²) in [7, 11) is 12.3. The molecule has 0 aliphatic heterocycles. The number of aromatic nitrogens is 4. The molecule has 0 spiro atoms. The Morgan fingerprint density at radius 3 is 1.30 bits per heavy atom. The zero-order valence-electron chi connectivity index (χ0n) is 13.1. The van der Waals surface area contributed by atoms with Crippen molar-refractivity contribution in [3.8, 4) is 0 Å². The molecule has 0 fully saturated rings. The molecule has 0 N–H and O–H groups in total. The van der Waals surface area contributed by atoms with E-state index in [0.29, 0.717) is 0 Å². The molecule has 0 aliphatic carbocycles. The predicted molar refractivity (Wildman–Crippen MR) is 78.0 cm³/mol. The number of nitrogens with zero attached hydrogens (tertiary/aromatic N) is 6. The normalized spacial score (nSPS) is 12.3. The van der Waals surface area contributed by atoms with Crippen molar-refractivity contribution in [1.82, 2.24) is 18.9 Å². The lowest BCUT2D eigenvalue weighted by Crippen LogP contribution is -2.29. The summed E-state index contributed by atoms with van der Waals surface area (Å²) in [6, 6.07) is 0. The molecule has 0 unspecified atom stereocenters. The van der Waals surface area contributed by atoms with Gasteiger partial charge in [0.1, 0.15) is 24.8 Å². The SMILES string of the molecule is CN(C)/C(=C(/N(C)C)n1cc[n+](C)c1)n1cc[n+](C)c1. The van der Waals surface area contributed by atoms with Crippen LogP contribution in [0.25, 0.3) is 11.6 Å². The van der Waals surface area contributed by atoms with Gasteiger partial charge in [-0.05, 0) is 0 Å². The van der Waals surface area contributed by atoms with Gasteiger partial charge >= 0.3 is 0 Å². The summed E-state index contributed by atoms with van der Waals surface area (Å²) in [5.41, 5.74) is 0. The molecule has 6 heteroatoms. The van der Waals surface area contributed by atoms with E-state index < -0.39 is 0 Å². The first-order chi connectivity index (χ1) is 9.40. The van der Waals surface area contributed by atoms with Crippen molar-refractivity contribution in [3.05, 3.63) is 37.4 Å². The highest BCUT2D eigenvalue weighted by Crippen LogP contribution is 2.19.